The third-order valence-electron chi connectivity index (χ3n) is 4.18. The van der Waals surface area contributed by atoms with Crippen LogP contribution < -0.4 is 0 Å². The topological polar surface area (TPSA) is 46.6 Å². The number of hydrogen-bond acceptors (Lipinski definition) is 3. The van der Waals surface area contributed by atoms with Crippen molar-refractivity contribution in [2.75, 3.05) is 25.4 Å². The molecule has 0 N–H and O–H groups in total. The van der Waals surface area contributed by atoms with E-state index in [2.05, 4.69) is 0 Å². The Kier molecular flexibility index (Phi) is 5.28. The maximum Gasteiger partial charge on any atom is 0.214 e. The van der Waals surface area contributed by atoms with Crippen LogP contribution in [0.1, 0.15) is 17.2 Å². The van der Waals surface area contributed by atoms with Crippen LogP contribution >= 0.6 is 0 Å². The Hall–Kier alpha value is -1.76. The van der Waals surface area contributed by atoms with Crippen molar-refractivity contribution in [1.29, 1.82) is 0 Å². The van der Waals surface area contributed by atoms with Gasteiger partial charge in [-0.15, -0.1) is 0 Å². The van der Waals surface area contributed by atoms with Crippen molar-refractivity contribution in [3.05, 3.63) is 71.5 Å². The van der Waals surface area contributed by atoms with Crippen LogP contribution in [-0.2, 0) is 21.2 Å². The first-order valence-electron chi connectivity index (χ1n) is 7.94. The molecule has 3 rings (SSSR count). The largest absolute Gasteiger partial charge is 0.371 e. The van der Waals surface area contributed by atoms with Gasteiger partial charge in [0.2, 0.25) is 10.0 Å². The average molecular weight is 349 g/mol. The summed E-state index contributed by atoms with van der Waals surface area (Å²) in [4.78, 5) is 0. The zero-order chi connectivity index (χ0) is 17.0. The Morgan fingerprint density at radius 2 is 1.79 bits per heavy atom. The molecule has 0 spiro atoms. The summed E-state index contributed by atoms with van der Waals surface area (Å²) in [5.41, 5.74) is 1.39. The van der Waals surface area contributed by atoms with Gasteiger partial charge < -0.3 is 4.74 Å². The fourth-order valence-corrected chi connectivity index (χ4v) is 4.27. The fourth-order valence-electron chi connectivity index (χ4n) is 2.82. The predicted molar refractivity (Wildman–Crippen MR) is 90.6 cm³/mol. The summed E-state index contributed by atoms with van der Waals surface area (Å²) in [6.07, 6.45) is -0.0919. The summed E-state index contributed by atoms with van der Waals surface area (Å²) >= 11 is 0. The van der Waals surface area contributed by atoms with E-state index < -0.39 is 10.0 Å². The van der Waals surface area contributed by atoms with Crippen LogP contribution in [0, 0.1) is 5.82 Å². The molecule has 1 unspecified atom stereocenters. The first kappa shape index (κ1) is 17.1. The van der Waals surface area contributed by atoms with E-state index in [1.807, 2.05) is 30.3 Å². The van der Waals surface area contributed by atoms with Crippen molar-refractivity contribution in [1.82, 2.24) is 4.31 Å². The molecule has 1 aliphatic rings. The molecular formula is C18H20FNO3S. The van der Waals surface area contributed by atoms with E-state index >= 15 is 0 Å². The number of hydrogen-bond donors (Lipinski definition) is 0. The Morgan fingerprint density at radius 3 is 2.54 bits per heavy atom. The average Bonchev–Trinajstić information content (AvgIpc) is 2.62. The highest BCUT2D eigenvalue weighted by atomic mass is 32.2. The Morgan fingerprint density at radius 1 is 1.08 bits per heavy atom. The van der Waals surface area contributed by atoms with Gasteiger partial charge in [0, 0.05) is 13.1 Å². The van der Waals surface area contributed by atoms with E-state index in [9.17, 15) is 12.8 Å². The monoisotopic (exact) mass is 349 g/mol. The molecule has 0 saturated carbocycles. The minimum Gasteiger partial charge on any atom is -0.371 e. The number of nitrogens with zero attached hydrogens (tertiary/aromatic N) is 1. The molecule has 2 aromatic carbocycles. The van der Waals surface area contributed by atoms with Crippen molar-refractivity contribution >= 4 is 10.0 Å². The first-order valence-corrected chi connectivity index (χ1v) is 9.55. The van der Waals surface area contributed by atoms with E-state index in [0.717, 1.165) is 5.56 Å². The Labute approximate surface area is 141 Å². The summed E-state index contributed by atoms with van der Waals surface area (Å²) < 4.78 is 46.0. The van der Waals surface area contributed by atoms with E-state index in [1.165, 1.54) is 10.4 Å². The predicted octanol–water partition coefficient (Wildman–Crippen LogP) is 2.77. The number of rotatable bonds is 5. The van der Waals surface area contributed by atoms with Crippen LogP contribution in [0.4, 0.5) is 4.39 Å². The minimum atomic E-state index is -3.45. The van der Waals surface area contributed by atoms with Gasteiger partial charge in [0.25, 0.3) is 0 Å². The maximum absolute atomic E-state index is 13.7. The second kappa shape index (κ2) is 7.42. The van der Waals surface area contributed by atoms with Crippen molar-refractivity contribution in [2.24, 2.45) is 0 Å². The van der Waals surface area contributed by atoms with Crippen molar-refractivity contribution in [3.63, 3.8) is 0 Å². The molecule has 128 valence electrons. The van der Waals surface area contributed by atoms with Crippen LogP contribution in [0.3, 0.4) is 0 Å². The molecule has 24 heavy (non-hydrogen) atoms. The summed E-state index contributed by atoms with van der Waals surface area (Å²) in [5, 5.41) is 0. The van der Waals surface area contributed by atoms with Gasteiger partial charge in [-0.3, -0.25) is 0 Å². The van der Waals surface area contributed by atoms with E-state index in [1.54, 1.807) is 18.2 Å². The molecule has 0 radical (unpaired) electrons. The van der Waals surface area contributed by atoms with Crippen LogP contribution in [0.25, 0.3) is 0 Å². The molecule has 0 aliphatic carbocycles. The first-order chi connectivity index (χ1) is 11.6. The van der Waals surface area contributed by atoms with E-state index in [0.29, 0.717) is 25.3 Å². The molecule has 1 saturated heterocycles. The lowest BCUT2D eigenvalue weighted by molar-refractivity contribution is -0.00253. The van der Waals surface area contributed by atoms with Crippen LogP contribution in [0.2, 0.25) is 0 Å². The second-order valence-electron chi connectivity index (χ2n) is 5.79. The normalized spacial score (nSPS) is 19.3. The molecular weight excluding hydrogens is 329 g/mol. The molecule has 1 fully saturated rings. The summed E-state index contributed by atoms with van der Waals surface area (Å²) in [5.74, 6) is -0.466. The van der Waals surface area contributed by atoms with Crippen molar-refractivity contribution < 1.29 is 17.5 Å². The molecule has 0 bridgehead atoms. The molecule has 1 heterocycles. The quantitative estimate of drug-likeness (QED) is 0.834. The highest BCUT2D eigenvalue weighted by Gasteiger charge is 2.30. The zero-order valence-electron chi connectivity index (χ0n) is 13.3. The Balaban J connectivity index is 1.67. The minimum absolute atomic E-state index is 0.102. The van der Waals surface area contributed by atoms with Crippen LogP contribution in [-0.4, -0.2) is 38.2 Å². The highest BCUT2D eigenvalue weighted by Crippen LogP contribution is 2.24. The smallest absolute Gasteiger partial charge is 0.214 e. The summed E-state index contributed by atoms with van der Waals surface area (Å²) in [6.45, 7) is 0.991. The van der Waals surface area contributed by atoms with E-state index in [-0.39, 0.29) is 24.1 Å². The molecule has 1 aliphatic heterocycles. The molecule has 0 amide bonds. The van der Waals surface area contributed by atoms with Gasteiger partial charge in [0.15, 0.2) is 0 Å². The SMILES string of the molecule is O=S(=O)(CCc1ccccc1F)N1CCOC(c2ccccc2)C1. The molecule has 0 aromatic heterocycles. The number of aryl methyl sites for hydroxylation is 1. The van der Waals surface area contributed by atoms with Gasteiger partial charge in [-0.25, -0.2) is 12.8 Å². The Bertz CT molecular complexity index is 780. The molecule has 2 aromatic rings. The zero-order valence-corrected chi connectivity index (χ0v) is 14.1. The number of sulfonamides is 1. The van der Waals surface area contributed by atoms with Crippen molar-refractivity contribution in [3.8, 4) is 0 Å². The fraction of sp³-hybridized carbons (Fsp3) is 0.333. The van der Waals surface area contributed by atoms with Gasteiger partial charge in [-0.1, -0.05) is 48.5 Å². The molecule has 4 nitrogen and oxygen atoms in total. The van der Waals surface area contributed by atoms with Gasteiger partial charge in [-0.05, 0) is 23.6 Å². The lowest BCUT2D eigenvalue weighted by atomic mass is 10.1. The lowest BCUT2D eigenvalue weighted by Gasteiger charge is -2.32. The standard InChI is InChI=1S/C18H20FNO3S/c19-17-9-5-4-6-15(17)10-13-24(21,22)20-11-12-23-18(14-20)16-7-2-1-3-8-16/h1-9,18H,10-14H2. The van der Waals surface area contributed by atoms with Gasteiger partial charge in [0.05, 0.1) is 18.5 Å². The number of ether oxygens (including phenoxy) is 1. The molecule has 1 atom stereocenters. The third-order valence-corrected chi connectivity index (χ3v) is 6.02. The van der Waals surface area contributed by atoms with Gasteiger partial charge >= 0.3 is 0 Å². The number of halogens is 1. The third kappa shape index (κ3) is 4.01. The maximum atomic E-state index is 13.7. The summed E-state index contributed by atoms with van der Waals surface area (Å²) in [7, 11) is -3.45. The van der Waals surface area contributed by atoms with E-state index in [4.69, 9.17) is 4.74 Å². The van der Waals surface area contributed by atoms with Crippen LogP contribution in [0.5, 0.6) is 0 Å². The van der Waals surface area contributed by atoms with Gasteiger partial charge in [-0.2, -0.15) is 4.31 Å². The highest BCUT2D eigenvalue weighted by molar-refractivity contribution is 7.89. The van der Waals surface area contributed by atoms with Crippen molar-refractivity contribution in [2.45, 2.75) is 12.5 Å². The lowest BCUT2D eigenvalue weighted by Crippen LogP contribution is -2.43. The second-order valence-corrected chi connectivity index (χ2v) is 7.87. The number of morpholine rings is 1. The summed E-state index contributed by atoms with van der Waals surface area (Å²) in [6, 6.07) is 15.9. The van der Waals surface area contributed by atoms with Crippen LogP contribution in [0.15, 0.2) is 54.6 Å². The number of benzene rings is 2. The molecule has 6 heteroatoms. The van der Waals surface area contributed by atoms with Gasteiger partial charge in [0.1, 0.15) is 5.82 Å².